The fourth-order valence-corrected chi connectivity index (χ4v) is 5.21. The maximum Gasteiger partial charge on any atom is 0.222 e. The molecule has 0 fully saturated rings. The molecule has 0 aliphatic rings. The number of nitrogens with two attached hydrogens (primary N) is 1. The molecule has 29 heavy (non-hydrogen) atoms. The van der Waals surface area contributed by atoms with Crippen LogP contribution in [0.1, 0.15) is 48.9 Å². The molecule has 0 saturated carbocycles. The summed E-state index contributed by atoms with van der Waals surface area (Å²) in [6.45, 7) is 5.62. The summed E-state index contributed by atoms with van der Waals surface area (Å²) < 4.78 is 39.4. The first-order valence-electron chi connectivity index (χ1n) is 8.93. The Morgan fingerprint density at radius 3 is 2.55 bits per heavy atom. The maximum atomic E-state index is 15.5. The molecule has 0 radical (unpaired) electrons. The van der Waals surface area contributed by atoms with Crippen molar-refractivity contribution in [1.29, 1.82) is 0 Å². The second-order valence-corrected chi connectivity index (χ2v) is 9.91. The Labute approximate surface area is 178 Å². The molecule has 3 rings (SSSR count). The van der Waals surface area contributed by atoms with Gasteiger partial charge in [-0.3, -0.25) is 0 Å². The topological polar surface area (TPSA) is 98.8 Å². The van der Waals surface area contributed by atoms with E-state index in [0.29, 0.717) is 16.3 Å². The summed E-state index contributed by atoms with van der Waals surface area (Å²) in [5.74, 6) is -0.542. The predicted octanol–water partition coefficient (Wildman–Crippen LogP) is 4.92. The average molecular weight is 455 g/mol. The number of primary sulfonamides is 1. The summed E-state index contributed by atoms with van der Waals surface area (Å²) in [5.41, 5.74) is 1.13. The molecular formula is C19H20ClFN4O2S2. The molecule has 0 aliphatic carbocycles. The third kappa shape index (κ3) is 4.48. The fourth-order valence-electron chi connectivity index (χ4n) is 3.01. The minimum absolute atomic E-state index is 0.0262. The number of hydrogen-bond donors (Lipinski definition) is 1. The molecule has 1 aromatic carbocycles. The summed E-state index contributed by atoms with van der Waals surface area (Å²) in [6.07, 6.45) is 1.67. The van der Waals surface area contributed by atoms with Gasteiger partial charge < -0.3 is 0 Å². The molecule has 0 spiro atoms. The molecular weight excluding hydrogens is 435 g/mol. The number of benzene rings is 1. The van der Waals surface area contributed by atoms with Crippen molar-refractivity contribution >= 4 is 33.0 Å². The highest BCUT2D eigenvalue weighted by Gasteiger charge is 2.28. The summed E-state index contributed by atoms with van der Waals surface area (Å²) in [4.78, 5) is 13.4. The Kier molecular flexibility index (Phi) is 6.33. The van der Waals surface area contributed by atoms with E-state index in [9.17, 15) is 8.42 Å². The van der Waals surface area contributed by atoms with Crippen LogP contribution in [0.4, 0.5) is 4.39 Å². The van der Waals surface area contributed by atoms with Gasteiger partial charge in [0.25, 0.3) is 0 Å². The Hall–Kier alpha value is -1.94. The molecule has 2 N–H and O–H groups in total. The zero-order chi connectivity index (χ0) is 21.3. The molecule has 3 aromatic rings. The first-order valence-corrected chi connectivity index (χ1v) is 11.7. The largest absolute Gasteiger partial charge is 0.240 e. The Balaban J connectivity index is 2.25. The molecule has 0 saturated heterocycles. The highest BCUT2D eigenvalue weighted by molar-refractivity contribution is 7.89. The van der Waals surface area contributed by atoms with Gasteiger partial charge >= 0.3 is 0 Å². The lowest BCUT2D eigenvalue weighted by Crippen LogP contribution is -2.22. The van der Waals surface area contributed by atoms with Crippen LogP contribution >= 0.6 is 22.9 Å². The molecule has 0 aliphatic heterocycles. The van der Waals surface area contributed by atoms with Crippen molar-refractivity contribution in [2.24, 2.45) is 5.14 Å². The van der Waals surface area contributed by atoms with Crippen molar-refractivity contribution in [1.82, 2.24) is 15.0 Å². The molecule has 0 amide bonds. The van der Waals surface area contributed by atoms with Gasteiger partial charge in [0.05, 0.1) is 21.3 Å². The summed E-state index contributed by atoms with van der Waals surface area (Å²) in [5, 5.41) is 5.06. The highest BCUT2D eigenvalue weighted by Crippen LogP contribution is 2.41. The molecule has 2 aromatic heterocycles. The molecule has 2 heterocycles. The Morgan fingerprint density at radius 1 is 1.24 bits per heavy atom. The van der Waals surface area contributed by atoms with Crippen molar-refractivity contribution in [3.8, 4) is 21.8 Å². The molecule has 1 unspecified atom stereocenters. The van der Waals surface area contributed by atoms with Gasteiger partial charge in [0, 0.05) is 23.2 Å². The standard InChI is InChI=1S/C19H20ClFN4O2S2/c1-4-14(29(22,26)27)11-6-5-7-12(15(11)21)16-17(28-18(25-16)10(2)3)13-8-9-23-19(20)24-13/h5-10,14H,4H2,1-3H3,(H2,22,26,27). The smallest absolute Gasteiger partial charge is 0.222 e. The van der Waals surface area contributed by atoms with Gasteiger partial charge in [-0.25, -0.2) is 32.9 Å². The van der Waals surface area contributed by atoms with Gasteiger partial charge in [-0.15, -0.1) is 11.3 Å². The minimum Gasteiger partial charge on any atom is -0.240 e. The number of thiazole rings is 1. The van der Waals surface area contributed by atoms with E-state index in [1.807, 2.05) is 13.8 Å². The van der Waals surface area contributed by atoms with Crippen LogP contribution in [-0.4, -0.2) is 23.4 Å². The van der Waals surface area contributed by atoms with Gasteiger partial charge in [-0.05, 0) is 30.2 Å². The molecule has 154 valence electrons. The zero-order valence-electron chi connectivity index (χ0n) is 16.1. The summed E-state index contributed by atoms with van der Waals surface area (Å²) >= 11 is 7.33. The predicted molar refractivity (Wildman–Crippen MR) is 114 cm³/mol. The van der Waals surface area contributed by atoms with E-state index in [2.05, 4.69) is 15.0 Å². The fraction of sp³-hybridized carbons (Fsp3) is 0.316. The number of nitrogens with zero attached hydrogens (tertiary/aromatic N) is 3. The number of aromatic nitrogens is 3. The normalized spacial score (nSPS) is 13.1. The van der Waals surface area contributed by atoms with Crippen LogP contribution in [0.25, 0.3) is 21.8 Å². The van der Waals surface area contributed by atoms with Crippen molar-refractivity contribution in [3.05, 3.63) is 52.1 Å². The van der Waals surface area contributed by atoms with E-state index >= 15 is 4.39 Å². The van der Waals surface area contributed by atoms with Crippen molar-refractivity contribution in [3.63, 3.8) is 0 Å². The lowest BCUT2D eigenvalue weighted by molar-refractivity contribution is 0.566. The van der Waals surface area contributed by atoms with Crippen LogP contribution in [0.2, 0.25) is 5.28 Å². The van der Waals surface area contributed by atoms with Gasteiger partial charge in [-0.1, -0.05) is 32.9 Å². The van der Waals surface area contributed by atoms with Crippen molar-refractivity contribution in [2.45, 2.75) is 38.4 Å². The number of hydrogen-bond acceptors (Lipinski definition) is 6. The quantitative estimate of drug-likeness (QED) is 0.533. The number of sulfonamides is 1. The molecule has 6 nitrogen and oxygen atoms in total. The third-order valence-corrected chi connectivity index (χ3v) is 7.34. The summed E-state index contributed by atoms with van der Waals surface area (Å²) in [7, 11) is -3.96. The molecule has 0 bridgehead atoms. The number of halogens is 2. The van der Waals surface area contributed by atoms with E-state index in [1.165, 1.54) is 23.6 Å². The van der Waals surface area contributed by atoms with Gasteiger partial charge in [0.15, 0.2) is 0 Å². The van der Waals surface area contributed by atoms with E-state index in [4.69, 9.17) is 16.7 Å². The second-order valence-electron chi connectivity index (χ2n) is 6.79. The van der Waals surface area contributed by atoms with Crippen molar-refractivity contribution < 1.29 is 12.8 Å². The van der Waals surface area contributed by atoms with Crippen LogP contribution in [0.5, 0.6) is 0 Å². The lowest BCUT2D eigenvalue weighted by Gasteiger charge is -2.15. The van der Waals surface area contributed by atoms with Crippen LogP contribution in [0.15, 0.2) is 30.5 Å². The van der Waals surface area contributed by atoms with Crippen molar-refractivity contribution in [2.75, 3.05) is 0 Å². The monoisotopic (exact) mass is 454 g/mol. The molecule has 1 atom stereocenters. The first-order chi connectivity index (χ1) is 13.6. The second kappa shape index (κ2) is 8.43. The van der Waals surface area contributed by atoms with E-state index in [-0.39, 0.29) is 28.7 Å². The Bertz CT molecular complexity index is 1150. The Morgan fingerprint density at radius 2 is 1.97 bits per heavy atom. The number of rotatable bonds is 6. The SMILES string of the molecule is CCC(c1cccc(-c2nc(C(C)C)sc2-c2ccnc(Cl)n2)c1F)S(N)(=O)=O. The van der Waals surface area contributed by atoms with E-state index < -0.39 is 21.1 Å². The van der Waals surface area contributed by atoms with Gasteiger partial charge in [0.2, 0.25) is 15.3 Å². The van der Waals surface area contributed by atoms with Gasteiger partial charge in [0.1, 0.15) is 11.1 Å². The average Bonchev–Trinajstić information content (AvgIpc) is 3.08. The minimum atomic E-state index is -3.96. The third-order valence-electron chi connectivity index (χ3n) is 4.39. The summed E-state index contributed by atoms with van der Waals surface area (Å²) in [6, 6.07) is 6.29. The van der Waals surface area contributed by atoms with Gasteiger partial charge in [-0.2, -0.15) is 0 Å². The highest BCUT2D eigenvalue weighted by atomic mass is 35.5. The first kappa shape index (κ1) is 21.8. The van der Waals surface area contributed by atoms with Crippen LogP contribution in [0.3, 0.4) is 0 Å². The van der Waals surface area contributed by atoms with Crippen LogP contribution in [-0.2, 0) is 10.0 Å². The van der Waals surface area contributed by atoms with E-state index in [0.717, 1.165) is 5.01 Å². The van der Waals surface area contributed by atoms with E-state index in [1.54, 1.807) is 25.1 Å². The maximum absolute atomic E-state index is 15.5. The van der Waals surface area contributed by atoms with Crippen LogP contribution in [0, 0.1) is 5.82 Å². The zero-order valence-corrected chi connectivity index (χ0v) is 18.4. The molecule has 10 heteroatoms. The lowest BCUT2D eigenvalue weighted by atomic mass is 10.0. The van der Waals surface area contributed by atoms with Crippen LogP contribution < -0.4 is 5.14 Å².